The lowest BCUT2D eigenvalue weighted by Crippen LogP contribution is -2.32. The van der Waals surface area contributed by atoms with Crippen molar-refractivity contribution in [2.24, 2.45) is 5.73 Å². The normalized spacial score (nSPS) is 25.2. The Kier molecular flexibility index (Phi) is 3.66. The van der Waals surface area contributed by atoms with Gasteiger partial charge >= 0.3 is 0 Å². The Hall–Kier alpha value is -0.170. The maximum atomic E-state index is 11.5. The van der Waals surface area contributed by atoms with Gasteiger partial charge < -0.3 is 10.8 Å². The van der Waals surface area contributed by atoms with Crippen LogP contribution >= 0.6 is 0 Å². The third kappa shape index (κ3) is 2.91. The SMILES string of the molecule is NCCCS(=O)(=O)N1CCC(O)C1. The molecule has 1 heterocycles. The summed E-state index contributed by atoms with van der Waals surface area (Å²) in [6.07, 6.45) is 0.532. The van der Waals surface area contributed by atoms with E-state index in [0.29, 0.717) is 25.9 Å². The van der Waals surface area contributed by atoms with Crippen molar-refractivity contribution in [3.8, 4) is 0 Å². The van der Waals surface area contributed by atoms with Crippen LogP contribution in [0.25, 0.3) is 0 Å². The molecule has 0 aromatic carbocycles. The molecular formula is C7H16N2O3S. The Balaban J connectivity index is 2.50. The Labute approximate surface area is 78.6 Å². The lowest BCUT2D eigenvalue weighted by atomic mass is 10.3. The van der Waals surface area contributed by atoms with Crippen LogP contribution in [0.1, 0.15) is 12.8 Å². The van der Waals surface area contributed by atoms with E-state index in [9.17, 15) is 8.42 Å². The first-order valence-electron chi connectivity index (χ1n) is 4.42. The van der Waals surface area contributed by atoms with E-state index in [4.69, 9.17) is 10.8 Å². The molecule has 6 heteroatoms. The molecule has 13 heavy (non-hydrogen) atoms. The second-order valence-electron chi connectivity index (χ2n) is 3.26. The molecule has 0 radical (unpaired) electrons. The van der Waals surface area contributed by atoms with Gasteiger partial charge in [0.1, 0.15) is 0 Å². The fraction of sp³-hybridized carbons (Fsp3) is 1.00. The Morgan fingerprint density at radius 2 is 2.23 bits per heavy atom. The van der Waals surface area contributed by atoms with Crippen LogP contribution in [-0.4, -0.2) is 49.3 Å². The average molecular weight is 208 g/mol. The number of aliphatic hydroxyl groups excluding tert-OH is 1. The minimum atomic E-state index is -3.16. The summed E-state index contributed by atoms with van der Waals surface area (Å²) in [6.45, 7) is 1.07. The molecule has 0 bridgehead atoms. The van der Waals surface area contributed by atoms with Gasteiger partial charge in [-0.1, -0.05) is 0 Å². The fourth-order valence-corrected chi connectivity index (χ4v) is 2.93. The van der Waals surface area contributed by atoms with Crippen LogP contribution in [0, 0.1) is 0 Å². The van der Waals surface area contributed by atoms with Crippen LogP contribution in [0.2, 0.25) is 0 Å². The van der Waals surface area contributed by atoms with Gasteiger partial charge in [-0.25, -0.2) is 8.42 Å². The topological polar surface area (TPSA) is 83.6 Å². The van der Waals surface area contributed by atoms with Gasteiger partial charge in [-0.15, -0.1) is 0 Å². The Morgan fingerprint density at radius 3 is 2.69 bits per heavy atom. The van der Waals surface area contributed by atoms with E-state index >= 15 is 0 Å². The van der Waals surface area contributed by atoms with Crippen LogP contribution in [0.4, 0.5) is 0 Å². The molecule has 1 fully saturated rings. The Morgan fingerprint density at radius 1 is 1.54 bits per heavy atom. The van der Waals surface area contributed by atoms with E-state index < -0.39 is 16.1 Å². The van der Waals surface area contributed by atoms with Crippen molar-refractivity contribution in [2.75, 3.05) is 25.4 Å². The molecule has 0 aliphatic carbocycles. The van der Waals surface area contributed by atoms with Gasteiger partial charge in [0, 0.05) is 13.1 Å². The number of β-amino-alcohol motifs (C(OH)–C–C–N with tert-alkyl or cyclic N) is 1. The van der Waals surface area contributed by atoms with Gasteiger partial charge in [-0.3, -0.25) is 0 Å². The van der Waals surface area contributed by atoms with Crippen molar-refractivity contribution in [1.82, 2.24) is 4.31 Å². The maximum absolute atomic E-state index is 11.5. The molecule has 0 amide bonds. The van der Waals surface area contributed by atoms with Gasteiger partial charge in [0.05, 0.1) is 11.9 Å². The van der Waals surface area contributed by atoms with Crippen LogP contribution in [0.15, 0.2) is 0 Å². The zero-order valence-corrected chi connectivity index (χ0v) is 8.33. The number of hydrogen-bond acceptors (Lipinski definition) is 4. The molecule has 1 aliphatic heterocycles. The molecule has 1 rings (SSSR count). The molecular weight excluding hydrogens is 192 g/mol. The van der Waals surface area contributed by atoms with Crippen molar-refractivity contribution in [3.05, 3.63) is 0 Å². The summed E-state index contributed by atoms with van der Waals surface area (Å²) in [4.78, 5) is 0. The minimum Gasteiger partial charge on any atom is -0.392 e. The quantitative estimate of drug-likeness (QED) is 0.603. The fourth-order valence-electron chi connectivity index (χ4n) is 1.36. The highest BCUT2D eigenvalue weighted by Gasteiger charge is 2.29. The largest absolute Gasteiger partial charge is 0.392 e. The predicted molar refractivity (Wildman–Crippen MR) is 49.7 cm³/mol. The zero-order valence-electron chi connectivity index (χ0n) is 7.52. The van der Waals surface area contributed by atoms with E-state index in [2.05, 4.69) is 0 Å². The summed E-state index contributed by atoms with van der Waals surface area (Å²) in [7, 11) is -3.16. The van der Waals surface area contributed by atoms with Gasteiger partial charge in [-0.2, -0.15) is 4.31 Å². The molecule has 0 aromatic rings. The van der Waals surface area contributed by atoms with Crippen LogP contribution in [0.5, 0.6) is 0 Å². The molecule has 5 nitrogen and oxygen atoms in total. The minimum absolute atomic E-state index is 0.0935. The average Bonchev–Trinajstić information content (AvgIpc) is 2.49. The van der Waals surface area contributed by atoms with Crippen molar-refractivity contribution >= 4 is 10.0 Å². The second kappa shape index (κ2) is 4.36. The summed E-state index contributed by atoms with van der Waals surface area (Å²) in [5, 5.41) is 9.16. The highest BCUT2D eigenvalue weighted by molar-refractivity contribution is 7.89. The molecule has 1 unspecified atom stereocenters. The van der Waals surface area contributed by atoms with E-state index in [1.165, 1.54) is 4.31 Å². The first kappa shape index (κ1) is 10.9. The molecule has 1 aliphatic rings. The van der Waals surface area contributed by atoms with Crippen molar-refractivity contribution < 1.29 is 13.5 Å². The number of nitrogens with zero attached hydrogens (tertiary/aromatic N) is 1. The standard InChI is InChI=1S/C7H16N2O3S/c8-3-1-5-13(11,12)9-4-2-7(10)6-9/h7,10H,1-6,8H2. The van der Waals surface area contributed by atoms with Crippen molar-refractivity contribution in [2.45, 2.75) is 18.9 Å². The summed E-state index contributed by atoms with van der Waals surface area (Å²) < 4.78 is 24.3. The van der Waals surface area contributed by atoms with E-state index in [0.717, 1.165) is 0 Å². The summed E-state index contributed by atoms with van der Waals surface area (Å²) >= 11 is 0. The van der Waals surface area contributed by atoms with Gasteiger partial charge in [0.2, 0.25) is 10.0 Å². The zero-order chi connectivity index (χ0) is 9.90. The van der Waals surface area contributed by atoms with E-state index in [1.54, 1.807) is 0 Å². The van der Waals surface area contributed by atoms with Gasteiger partial charge in [0.25, 0.3) is 0 Å². The van der Waals surface area contributed by atoms with E-state index in [-0.39, 0.29) is 12.3 Å². The molecule has 1 saturated heterocycles. The molecule has 1 atom stereocenters. The third-order valence-electron chi connectivity index (χ3n) is 2.13. The van der Waals surface area contributed by atoms with Crippen molar-refractivity contribution in [1.29, 1.82) is 0 Å². The number of nitrogens with two attached hydrogens (primary N) is 1. The molecule has 0 spiro atoms. The van der Waals surface area contributed by atoms with Gasteiger partial charge in [-0.05, 0) is 19.4 Å². The number of aliphatic hydroxyl groups is 1. The third-order valence-corrected chi connectivity index (χ3v) is 4.05. The monoisotopic (exact) mass is 208 g/mol. The van der Waals surface area contributed by atoms with Crippen LogP contribution < -0.4 is 5.73 Å². The number of rotatable bonds is 4. The molecule has 0 aromatic heterocycles. The van der Waals surface area contributed by atoms with Crippen LogP contribution in [0.3, 0.4) is 0 Å². The molecule has 3 N–H and O–H groups in total. The van der Waals surface area contributed by atoms with Gasteiger partial charge in [0.15, 0.2) is 0 Å². The summed E-state index contributed by atoms with van der Waals surface area (Å²) in [6, 6.07) is 0. The highest BCUT2D eigenvalue weighted by Crippen LogP contribution is 2.14. The van der Waals surface area contributed by atoms with Crippen LogP contribution in [-0.2, 0) is 10.0 Å². The number of hydrogen-bond donors (Lipinski definition) is 2. The number of sulfonamides is 1. The first-order chi connectivity index (χ1) is 6.06. The summed E-state index contributed by atoms with van der Waals surface area (Å²) in [5.74, 6) is 0.0935. The second-order valence-corrected chi connectivity index (χ2v) is 5.35. The maximum Gasteiger partial charge on any atom is 0.214 e. The molecule has 0 saturated carbocycles. The van der Waals surface area contributed by atoms with E-state index in [1.807, 2.05) is 0 Å². The molecule has 78 valence electrons. The predicted octanol–water partition coefficient (Wildman–Crippen LogP) is -1.27. The smallest absolute Gasteiger partial charge is 0.214 e. The lowest BCUT2D eigenvalue weighted by Gasteiger charge is -2.14. The lowest BCUT2D eigenvalue weighted by molar-refractivity contribution is 0.189. The van der Waals surface area contributed by atoms with Crippen molar-refractivity contribution in [3.63, 3.8) is 0 Å². The highest BCUT2D eigenvalue weighted by atomic mass is 32.2. The summed E-state index contributed by atoms with van der Waals surface area (Å²) in [5.41, 5.74) is 5.23. The Bertz CT molecular complexity index is 252. The first-order valence-corrected chi connectivity index (χ1v) is 6.03.